The molecular weight excluding hydrogens is 248 g/mol. The number of aryl methyl sites for hydroxylation is 1. The van der Waals surface area contributed by atoms with Crippen LogP contribution in [-0.2, 0) is 0 Å². The summed E-state index contributed by atoms with van der Waals surface area (Å²) in [5.74, 6) is 0. The minimum absolute atomic E-state index is 0.725. The van der Waals surface area contributed by atoms with Gasteiger partial charge < -0.3 is 0 Å². The molecule has 0 fully saturated rings. The first-order valence-electron chi connectivity index (χ1n) is 3.85. The van der Waals surface area contributed by atoms with Crippen molar-refractivity contribution in [3.8, 4) is 0 Å². The van der Waals surface area contributed by atoms with Crippen molar-refractivity contribution in [3.63, 3.8) is 0 Å². The fourth-order valence-electron chi connectivity index (χ4n) is 1.39. The van der Waals surface area contributed by atoms with Crippen molar-refractivity contribution in [2.45, 2.75) is 6.92 Å². The number of carbonyl (C=O) groups excluding carboxylic acids is 1. The number of halogens is 1. The second-order valence-electron chi connectivity index (χ2n) is 2.88. The zero-order chi connectivity index (χ0) is 9.42. The normalized spacial score (nSPS) is 10.6. The Morgan fingerprint density at radius 2 is 2.31 bits per heavy atom. The SMILES string of the molecule is Cc1cc(C=O)c(Br)c2ccsc12. The summed E-state index contributed by atoms with van der Waals surface area (Å²) in [5, 5.41) is 3.17. The molecule has 0 N–H and O–H groups in total. The fraction of sp³-hybridized carbons (Fsp3) is 0.100. The van der Waals surface area contributed by atoms with Crippen molar-refractivity contribution in [1.29, 1.82) is 0 Å². The highest BCUT2D eigenvalue weighted by atomic mass is 79.9. The molecule has 0 spiro atoms. The molecule has 0 aliphatic heterocycles. The van der Waals surface area contributed by atoms with Crippen molar-refractivity contribution >= 4 is 43.6 Å². The molecule has 1 nitrogen and oxygen atoms in total. The summed E-state index contributed by atoms with van der Waals surface area (Å²) in [6.45, 7) is 2.03. The van der Waals surface area contributed by atoms with Gasteiger partial charge in [-0.25, -0.2) is 0 Å². The van der Waals surface area contributed by atoms with E-state index in [9.17, 15) is 4.79 Å². The summed E-state index contributed by atoms with van der Waals surface area (Å²) < 4.78 is 2.15. The number of hydrogen-bond acceptors (Lipinski definition) is 2. The van der Waals surface area contributed by atoms with Crippen molar-refractivity contribution in [3.05, 3.63) is 33.1 Å². The number of hydrogen-bond donors (Lipinski definition) is 0. The number of fused-ring (bicyclic) bond motifs is 1. The predicted octanol–water partition coefficient (Wildman–Crippen LogP) is 3.78. The van der Waals surface area contributed by atoms with E-state index in [-0.39, 0.29) is 0 Å². The summed E-state index contributed by atoms with van der Waals surface area (Å²) >= 11 is 5.13. The third-order valence-electron chi connectivity index (χ3n) is 2.01. The van der Waals surface area contributed by atoms with Gasteiger partial charge in [-0.3, -0.25) is 4.79 Å². The van der Waals surface area contributed by atoms with Crippen LogP contribution in [0.3, 0.4) is 0 Å². The minimum Gasteiger partial charge on any atom is -0.298 e. The highest BCUT2D eigenvalue weighted by molar-refractivity contribution is 9.10. The standard InChI is InChI=1S/C10H7BrOS/c1-6-4-7(5-12)9(11)8-2-3-13-10(6)8/h2-5H,1H3. The van der Waals surface area contributed by atoms with Crippen LogP contribution in [0.4, 0.5) is 0 Å². The van der Waals surface area contributed by atoms with Gasteiger partial charge in [0.05, 0.1) is 0 Å². The van der Waals surface area contributed by atoms with Crippen molar-refractivity contribution in [2.24, 2.45) is 0 Å². The van der Waals surface area contributed by atoms with Crippen LogP contribution >= 0.6 is 27.3 Å². The lowest BCUT2D eigenvalue weighted by Crippen LogP contribution is -1.84. The van der Waals surface area contributed by atoms with Crippen LogP contribution in [-0.4, -0.2) is 6.29 Å². The maximum Gasteiger partial charge on any atom is 0.151 e. The second-order valence-corrected chi connectivity index (χ2v) is 4.59. The smallest absolute Gasteiger partial charge is 0.151 e. The quantitative estimate of drug-likeness (QED) is 0.708. The molecule has 3 heteroatoms. The van der Waals surface area contributed by atoms with Crippen LogP contribution in [0, 0.1) is 6.92 Å². The van der Waals surface area contributed by atoms with E-state index >= 15 is 0 Å². The lowest BCUT2D eigenvalue weighted by molar-refractivity contribution is 0.112. The maximum absolute atomic E-state index is 10.7. The van der Waals surface area contributed by atoms with E-state index in [1.165, 1.54) is 4.70 Å². The van der Waals surface area contributed by atoms with Crippen LogP contribution in [0.2, 0.25) is 0 Å². The fourth-order valence-corrected chi connectivity index (χ4v) is 2.94. The van der Waals surface area contributed by atoms with Gasteiger partial charge in [0, 0.05) is 20.1 Å². The molecule has 0 atom stereocenters. The third kappa shape index (κ3) is 1.32. The highest BCUT2D eigenvalue weighted by Gasteiger charge is 2.07. The molecule has 2 rings (SSSR count). The predicted molar refractivity (Wildman–Crippen MR) is 59.6 cm³/mol. The molecule has 2 aromatic rings. The Labute approximate surface area is 88.5 Å². The zero-order valence-corrected chi connectivity index (χ0v) is 9.41. The average molecular weight is 255 g/mol. The monoisotopic (exact) mass is 254 g/mol. The Bertz CT molecular complexity index is 473. The molecule has 1 aromatic heterocycles. The first-order chi connectivity index (χ1) is 6.24. The molecule has 13 heavy (non-hydrogen) atoms. The number of benzene rings is 1. The molecule has 1 heterocycles. The van der Waals surface area contributed by atoms with Gasteiger partial charge in [0.25, 0.3) is 0 Å². The number of aldehydes is 1. The molecule has 0 amide bonds. The van der Waals surface area contributed by atoms with Crippen LogP contribution in [0.25, 0.3) is 10.1 Å². The maximum atomic E-state index is 10.7. The van der Waals surface area contributed by atoms with Gasteiger partial charge in [-0.1, -0.05) is 0 Å². The second kappa shape index (κ2) is 3.24. The largest absolute Gasteiger partial charge is 0.298 e. The molecule has 0 aliphatic carbocycles. The Balaban J connectivity index is 2.93. The summed E-state index contributed by atoms with van der Waals surface area (Å²) in [4.78, 5) is 10.7. The Morgan fingerprint density at radius 1 is 1.54 bits per heavy atom. The third-order valence-corrected chi connectivity index (χ3v) is 3.95. The molecule has 66 valence electrons. The highest BCUT2D eigenvalue weighted by Crippen LogP contribution is 2.33. The Morgan fingerprint density at radius 3 is 3.00 bits per heavy atom. The van der Waals surface area contributed by atoms with E-state index in [0.29, 0.717) is 0 Å². The molecule has 0 radical (unpaired) electrons. The minimum atomic E-state index is 0.725. The van der Waals surface area contributed by atoms with Crippen molar-refractivity contribution in [1.82, 2.24) is 0 Å². The van der Waals surface area contributed by atoms with Gasteiger partial charge in [0.15, 0.2) is 6.29 Å². The Hall–Kier alpha value is -0.670. The molecule has 0 saturated heterocycles. The number of rotatable bonds is 1. The number of thiophene rings is 1. The topological polar surface area (TPSA) is 17.1 Å². The van der Waals surface area contributed by atoms with E-state index in [1.807, 2.05) is 24.4 Å². The summed E-state index contributed by atoms with van der Waals surface area (Å²) in [6.07, 6.45) is 0.883. The number of carbonyl (C=O) groups is 1. The molecule has 0 aliphatic rings. The van der Waals surface area contributed by atoms with Crippen LogP contribution in [0.5, 0.6) is 0 Å². The molecule has 0 unspecified atom stereocenters. The van der Waals surface area contributed by atoms with Crippen LogP contribution in [0.1, 0.15) is 15.9 Å². The summed E-state index contributed by atoms with van der Waals surface area (Å²) in [6, 6.07) is 3.94. The van der Waals surface area contributed by atoms with Gasteiger partial charge >= 0.3 is 0 Å². The van der Waals surface area contributed by atoms with Crippen LogP contribution in [0.15, 0.2) is 22.0 Å². The van der Waals surface area contributed by atoms with E-state index in [4.69, 9.17) is 0 Å². The van der Waals surface area contributed by atoms with Crippen LogP contribution < -0.4 is 0 Å². The Kier molecular flexibility index (Phi) is 2.22. The lowest BCUT2D eigenvalue weighted by atomic mass is 10.1. The summed E-state index contributed by atoms with van der Waals surface area (Å²) in [7, 11) is 0. The van der Waals surface area contributed by atoms with Gasteiger partial charge in [-0.2, -0.15) is 0 Å². The first kappa shape index (κ1) is 8.91. The average Bonchev–Trinajstić information content (AvgIpc) is 2.60. The molecular formula is C10H7BrOS. The molecule has 1 aromatic carbocycles. The van der Waals surface area contributed by atoms with E-state index in [0.717, 1.165) is 27.3 Å². The van der Waals surface area contributed by atoms with E-state index in [1.54, 1.807) is 11.3 Å². The summed E-state index contributed by atoms with van der Waals surface area (Å²) in [5.41, 5.74) is 1.89. The first-order valence-corrected chi connectivity index (χ1v) is 5.53. The van der Waals surface area contributed by atoms with Gasteiger partial charge in [-0.05, 0) is 45.9 Å². The van der Waals surface area contributed by atoms with Gasteiger partial charge in [0.2, 0.25) is 0 Å². The van der Waals surface area contributed by atoms with Gasteiger partial charge in [0.1, 0.15) is 0 Å². The van der Waals surface area contributed by atoms with Crippen molar-refractivity contribution < 1.29 is 4.79 Å². The molecule has 0 saturated carbocycles. The molecule has 0 bridgehead atoms. The van der Waals surface area contributed by atoms with Gasteiger partial charge in [-0.15, -0.1) is 11.3 Å². The van der Waals surface area contributed by atoms with Crippen molar-refractivity contribution in [2.75, 3.05) is 0 Å². The van der Waals surface area contributed by atoms with E-state index in [2.05, 4.69) is 15.9 Å². The van der Waals surface area contributed by atoms with E-state index < -0.39 is 0 Å². The lowest BCUT2D eigenvalue weighted by Gasteiger charge is -2.01. The zero-order valence-electron chi connectivity index (χ0n) is 7.00.